The molecule has 0 spiro atoms. The van der Waals surface area contributed by atoms with Crippen molar-refractivity contribution in [1.82, 2.24) is 13.5 Å². The van der Waals surface area contributed by atoms with Gasteiger partial charge in [-0.25, -0.2) is 0 Å². The molecular formula is C23H32N4O3S. The molecule has 0 unspecified atom stereocenters. The fourth-order valence-corrected chi connectivity index (χ4v) is 5.41. The normalized spacial score (nSPS) is 15.8. The second-order valence-corrected chi connectivity index (χ2v) is 9.50. The number of piperazine rings is 1. The van der Waals surface area contributed by atoms with Crippen molar-refractivity contribution in [3.63, 3.8) is 0 Å². The number of anilines is 1. The van der Waals surface area contributed by atoms with Gasteiger partial charge in [-0.3, -0.25) is 9.69 Å². The Kier molecular flexibility index (Phi) is 8.20. The maximum Gasteiger partial charge on any atom is 0.282 e. The number of para-hydroxylation sites is 1. The Morgan fingerprint density at radius 3 is 1.97 bits per heavy atom. The first kappa shape index (κ1) is 23.4. The summed E-state index contributed by atoms with van der Waals surface area (Å²) in [5.41, 5.74) is 1.92. The zero-order valence-electron chi connectivity index (χ0n) is 18.4. The Bertz CT molecular complexity index is 926. The predicted molar refractivity (Wildman–Crippen MR) is 124 cm³/mol. The van der Waals surface area contributed by atoms with E-state index in [2.05, 4.69) is 0 Å². The van der Waals surface area contributed by atoms with Gasteiger partial charge in [0, 0.05) is 45.0 Å². The maximum absolute atomic E-state index is 13.2. The van der Waals surface area contributed by atoms with Gasteiger partial charge in [-0.05, 0) is 17.7 Å². The highest BCUT2D eigenvalue weighted by Crippen LogP contribution is 2.18. The fraction of sp³-hybridized carbons (Fsp3) is 0.435. The van der Waals surface area contributed by atoms with E-state index in [9.17, 15) is 13.2 Å². The molecule has 1 aliphatic heterocycles. The Morgan fingerprint density at radius 1 is 0.871 bits per heavy atom. The van der Waals surface area contributed by atoms with Crippen LogP contribution in [0.5, 0.6) is 0 Å². The fourth-order valence-electron chi connectivity index (χ4n) is 3.81. The molecule has 1 saturated heterocycles. The van der Waals surface area contributed by atoms with Crippen LogP contribution in [0.4, 0.5) is 5.69 Å². The number of hydrogen-bond donors (Lipinski definition) is 0. The number of nitrogens with zero attached hydrogens (tertiary/aromatic N) is 4. The topological polar surface area (TPSA) is 64.2 Å². The van der Waals surface area contributed by atoms with E-state index < -0.39 is 10.2 Å². The van der Waals surface area contributed by atoms with Gasteiger partial charge in [0.05, 0.1) is 13.1 Å². The third kappa shape index (κ3) is 5.92. The van der Waals surface area contributed by atoms with Gasteiger partial charge >= 0.3 is 0 Å². The SMILES string of the molecule is CCN(CC)S(=O)(=O)N1CCN(CC(=O)N(Cc2ccccc2)c2ccccc2)CC1. The van der Waals surface area contributed by atoms with Crippen LogP contribution in [0.2, 0.25) is 0 Å². The van der Waals surface area contributed by atoms with Gasteiger partial charge in [0.2, 0.25) is 5.91 Å². The Morgan fingerprint density at radius 2 is 1.42 bits per heavy atom. The number of benzene rings is 2. The molecule has 0 aromatic heterocycles. The number of carbonyl (C=O) groups excluding carboxylic acids is 1. The third-order valence-electron chi connectivity index (χ3n) is 5.60. The molecule has 1 amide bonds. The molecule has 1 fully saturated rings. The largest absolute Gasteiger partial charge is 0.307 e. The summed E-state index contributed by atoms with van der Waals surface area (Å²) in [5, 5.41) is 0. The first-order chi connectivity index (χ1) is 15.0. The monoisotopic (exact) mass is 444 g/mol. The van der Waals surface area contributed by atoms with Gasteiger partial charge in [-0.1, -0.05) is 62.4 Å². The van der Waals surface area contributed by atoms with E-state index in [4.69, 9.17) is 0 Å². The molecule has 2 aromatic rings. The van der Waals surface area contributed by atoms with E-state index in [0.29, 0.717) is 45.8 Å². The lowest BCUT2D eigenvalue weighted by atomic mass is 10.2. The van der Waals surface area contributed by atoms with E-state index >= 15 is 0 Å². The molecule has 3 rings (SSSR count). The van der Waals surface area contributed by atoms with E-state index in [-0.39, 0.29) is 12.5 Å². The van der Waals surface area contributed by atoms with Crippen LogP contribution in [0.3, 0.4) is 0 Å². The van der Waals surface area contributed by atoms with Gasteiger partial charge in [-0.2, -0.15) is 17.0 Å². The van der Waals surface area contributed by atoms with Crippen LogP contribution in [0, 0.1) is 0 Å². The molecule has 31 heavy (non-hydrogen) atoms. The predicted octanol–water partition coefficient (Wildman–Crippen LogP) is 2.42. The van der Waals surface area contributed by atoms with Crippen LogP contribution >= 0.6 is 0 Å². The van der Waals surface area contributed by atoms with E-state index in [1.807, 2.05) is 79.4 Å². The second-order valence-electron chi connectivity index (χ2n) is 7.57. The lowest BCUT2D eigenvalue weighted by Gasteiger charge is -2.36. The molecule has 8 heteroatoms. The zero-order chi connectivity index (χ0) is 22.3. The molecule has 1 heterocycles. The van der Waals surface area contributed by atoms with E-state index in [1.165, 1.54) is 8.61 Å². The number of hydrogen-bond acceptors (Lipinski definition) is 4. The van der Waals surface area contributed by atoms with Crippen molar-refractivity contribution >= 4 is 21.8 Å². The summed E-state index contributed by atoms with van der Waals surface area (Å²) in [4.78, 5) is 17.1. The molecule has 1 aliphatic rings. The highest BCUT2D eigenvalue weighted by molar-refractivity contribution is 7.86. The minimum atomic E-state index is -3.43. The minimum Gasteiger partial charge on any atom is -0.307 e. The molecule has 0 atom stereocenters. The minimum absolute atomic E-state index is 0.00935. The zero-order valence-corrected chi connectivity index (χ0v) is 19.2. The smallest absolute Gasteiger partial charge is 0.282 e. The van der Waals surface area contributed by atoms with Crippen LogP contribution in [0.1, 0.15) is 19.4 Å². The molecule has 0 aliphatic carbocycles. The van der Waals surface area contributed by atoms with E-state index in [0.717, 1.165) is 11.3 Å². The molecule has 2 aromatic carbocycles. The van der Waals surface area contributed by atoms with Crippen molar-refractivity contribution in [3.05, 3.63) is 66.2 Å². The average molecular weight is 445 g/mol. The van der Waals surface area contributed by atoms with Crippen molar-refractivity contribution in [2.75, 3.05) is 50.7 Å². The quantitative estimate of drug-likeness (QED) is 0.596. The van der Waals surface area contributed by atoms with E-state index in [1.54, 1.807) is 4.90 Å². The summed E-state index contributed by atoms with van der Waals surface area (Å²) < 4.78 is 28.5. The molecule has 168 valence electrons. The first-order valence-electron chi connectivity index (χ1n) is 10.8. The van der Waals surface area contributed by atoms with Crippen LogP contribution in [0.15, 0.2) is 60.7 Å². The Balaban J connectivity index is 1.65. The number of amides is 1. The summed E-state index contributed by atoms with van der Waals surface area (Å²) in [7, 11) is -3.43. The van der Waals surface area contributed by atoms with Crippen LogP contribution < -0.4 is 4.90 Å². The molecule has 0 radical (unpaired) electrons. The van der Waals surface area contributed by atoms with Gasteiger partial charge in [-0.15, -0.1) is 0 Å². The standard InChI is InChI=1S/C23H32N4O3S/c1-3-25(4-2)31(29,30)26-17-15-24(16-18-26)20-23(28)27(22-13-9-6-10-14-22)19-21-11-7-5-8-12-21/h5-14H,3-4,15-20H2,1-2H3. The maximum atomic E-state index is 13.2. The van der Waals surface area contributed by atoms with Crippen LogP contribution in [-0.2, 0) is 21.5 Å². The molecule has 0 N–H and O–H groups in total. The highest BCUT2D eigenvalue weighted by atomic mass is 32.2. The summed E-state index contributed by atoms with van der Waals surface area (Å²) >= 11 is 0. The Labute approximate surface area is 186 Å². The van der Waals surface area contributed by atoms with Gasteiger partial charge in [0.15, 0.2) is 0 Å². The summed E-state index contributed by atoms with van der Waals surface area (Å²) in [5.74, 6) is 0.00935. The number of rotatable bonds is 9. The van der Waals surface area contributed by atoms with Crippen LogP contribution in [-0.4, -0.2) is 73.6 Å². The number of carbonyl (C=O) groups is 1. The van der Waals surface area contributed by atoms with Gasteiger partial charge in [0.25, 0.3) is 10.2 Å². The first-order valence-corrected chi connectivity index (χ1v) is 12.2. The van der Waals surface area contributed by atoms with Crippen molar-refractivity contribution in [2.45, 2.75) is 20.4 Å². The summed E-state index contributed by atoms with van der Waals surface area (Å²) in [6.45, 7) is 7.27. The second kappa shape index (κ2) is 10.9. The van der Waals surface area contributed by atoms with Crippen molar-refractivity contribution in [2.24, 2.45) is 0 Å². The van der Waals surface area contributed by atoms with Gasteiger partial charge in [0.1, 0.15) is 0 Å². The highest BCUT2D eigenvalue weighted by Gasteiger charge is 2.31. The van der Waals surface area contributed by atoms with Crippen molar-refractivity contribution < 1.29 is 13.2 Å². The lowest BCUT2D eigenvalue weighted by molar-refractivity contribution is -0.120. The van der Waals surface area contributed by atoms with Gasteiger partial charge < -0.3 is 4.90 Å². The summed E-state index contributed by atoms with van der Waals surface area (Å²) in [6.07, 6.45) is 0. The average Bonchev–Trinajstić information content (AvgIpc) is 2.79. The summed E-state index contributed by atoms with van der Waals surface area (Å²) in [6, 6.07) is 19.6. The lowest BCUT2D eigenvalue weighted by Crippen LogP contribution is -2.54. The molecule has 7 nitrogen and oxygen atoms in total. The van der Waals surface area contributed by atoms with Crippen molar-refractivity contribution in [3.8, 4) is 0 Å². The molecular weight excluding hydrogens is 412 g/mol. The molecule has 0 saturated carbocycles. The van der Waals surface area contributed by atoms with Crippen molar-refractivity contribution in [1.29, 1.82) is 0 Å². The third-order valence-corrected chi connectivity index (χ3v) is 7.79. The molecule has 0 bridgehead atoms. The Hall–Kier alpha value is -2.26. The van der Waals surface area contributed by atoms with Crippen LogP contribution in [0.25, 0.3) is 0 Å².